The van der Waals surface area contributed by atoms with E-state index in [1.54, 1.807) is 6.07 Å². The molecule has 10 heteroatoms. The molecule has 9 nitrogen and oxygen atoms in total. The molecule has 1 fully saturated rings. The van der Waals surface area contributed by atoms with E-state index < -0.39 is 10.0 Å². The van der Waals surface area contributed by atoms with Crippen molar-refractivity contribution in [3.05, 3.63) is 29.3 Å². The molecule has 30 heavy (non-hydrogen) atoms. The summed E-state index contributed by atoms with van der Waals surface area (Å²) in [5.41, 5.74) is 10.6. The summed E-state index contributed by atoms with van der Waals surface area (Å²) in [6, 6.07) is 6.20. The Morgan fingerprint density at radius 1 is 1.20 bits per heavy atom. The van der Waals surface area contributed by atoms with Gasteiger partial charge in [-0.2, -0.15) is 0 Å². The Morgan fingerprint density at radius 2 is 1.93 bits per heavy atom. The number of fused-ring (bicyclic) bond motifs is 1. The van der Waals surface area contributed by atoms with E-state index in [9.17, 15) is 8.42 Å². The summed E-state index contributed by atoms with van der Waals surface area (Å²) in [6.45, 7) is 6.53. The van der Waals surface area contributed by atoms with Crippen molar-refractivity contribution in [3.8, 4) is 11.6 Å². The number of nitrogen functional groups attached to an aromatic ring is 1. The van der Waals surface area contributed by atoms with E-state index in [-0.39, 0.29) is 29.6 Å². The van der Waals surface area contributed by atoms with Gasteiger partial charge in [0.15, 0.2) is 0 Å². The van der Waals surface area contributed by atoms with Crippen LogP contribution in [0.25, 0.3) is 22.5 Å². The monoisotopic (exact) mass is 430 g/mol. The van der Waals surface area contributed by atoms with Gasteiger partial charge in [0.2, 0.25) is 10.0 Å². The van der Waals surface area contributed by atoms with E-state index in [4.69, 9.17) is 20.3 Å². The van der Waals surface area contributed by atoms with Crippen LogP contribution in [0, 0.1) is 0 Å². The second-order valence-electron chi connectivity index (χ2n) is 8.79. The maximum absolute atomic E-state index is 11.0. The van der Waals surface area contributed by atoms with Crippen molar-refractivity contribution in [3.63, 3.8) is 0 Å². The summed E-state index contributed by atoms with van der Waals surface area (Å²) in [5.74, 6) is 0.564. The van der Waals surface area contributed by atoms with Gasteiger partial charge in [-0.15, -0.1) is 5.10 Å². The summed E-state index contributed by atoms with van der Waals surface area (Å²) in [4.78, 5) is 4.81. The number of hydrogen-bond donors (Lipinski definition) is 3. The summed E-state index contributed by atoms with van der Waals surface area (Å²) in [5, 5.41) is 16.6. The number of rotatable bonds is 6. The fraction of sp³-hybridized carbons (Fsp3) is 0.450. The van der Waals surface area contributed by atoms with Gasteiger partial charge in [0.05, 0.1) is 11.3 Å². The topological polar surface area (TPSA) is 150 Å². The van der Waals surface area contributed by atoms with E-state index in [1.807, 2.05) is 0 Å². The third-order valence-corrected chi connectivity index (χ3v) is 5.90. The van der Waals surface area contributed by atoms with Crippen molar-refractivity contribution < 1.29 is 12.8 Å². The van der Waals surface area contributed by atoms with Crippen LogP contribution in [0.4, 0.5) is 11.7 Å². The molecule has 0 atom stereocenters. The normalized spacial score (nSPS) is 14.9. The molecule has 1 aliphatic carbocycles. The number of pyridine rings is 1. The Balaban J connectivity index is 1.72. The number of hydrogen-bond acceptors (Lipinski definition) is 8. The highest BCUT2D eigenvalue weighted by molar-refractivity contribution is 7.89. The summed E-state index contributed by atoms with van der Waals surface area (Å²) in [6.07, 6.45) is 2.42. The van der Waals surface area contributed by atoms with Crippen molar-refractivity contribution in [1.82, 2.24) is 15.2 Å². The van der Waals surface area contributed by atoms with E-state index in [2.05, 4.69) is 48.4 Å². The number of sulfonamides is 1. The van der Waals surface area contributed by atoms with Gasteiger partial charge >= 0.3 is 6.01 Å². The molecule has 0 unspecified atom stereocenters. The first-order valence-electron chi connectivity index (χ1n) is 9.84. The zero-order valence-corrected chi connectivity index (χ0v) is 18.1. The van der Waals surface area contributed by atoms with Crippen LogP contribution in [0.3, 0.4) is 0 Å². The molecule has 1 saturated carbocycles. The van der Waals surface area contributed by atoms with Gasteiger partial charge in [0, 0.05) is 17.6 Å². The van der Waals surface area contributed by atoms with Crippen LogP contribution in [0.5, 0.6) is 0 Å². The van der Waals surface area contributed by atoms with Crippen LogP contribution in [0.1, 0.15) is 50.7 Å². The standard InChI is InChI=1S/C20H26N6O3S/c1-20(2,3)14-9-12(11-4-5-11)8-13-15(21)10-16(24-17(13)14)18-25-26-19(29-18)23-6-7-30(22,27)28/h8-11H,4-7H2,1-3H3,(H2,21,24)(H,23,26)(H2,22,27,28). The number of primary sulfonamides is 1. The second-order valence-corrected chi connectivity index (χ2v) is 10.5. The van der Waals surface area contributed by atoms with Crippen molar-refractivity contribution >= 4 is 32.6 Å². The van der Waals surface area contributed by atoms with Gasteiger partial charge in [0.1, 0.15) is 5.69 Å². The molecule has 4 rings (SSSR count). The third-order valence-electron chi connectivity index (χ3n) is 5.13. The van der Waals surface area contributed by atoms with Crippen LogP contribution in [-0.2, 0) is 15.4 Å². The lowest BCUT2D eigenvalue weighted by molar-refractivity contribution is 0.578. The fourth-order valence-corrected chi connectivity index (χ4v) is 3.79. The van der Waals surface area contributed by atoms with E-state index in [1.165, 1.54) is 18.4 Å². The summed E-state index contributed by atoms with van der Waals surface area (Å²) < 4.78 is 27.7. The average molecular weight is 431 g/mol. The number of benzene rings is 1. The molecular formula is C20H26N6O3S. The molecule has 1 aliphatic rings. The Hall–Kier alpha value is -2.72. The molecule has 1 aromatic carbocycles. The zero-order chi connectivity index (χ0) is 21.7. The van der Waals surface area contributed by atoms with Crippen LogP contribution in [0.15, 0.2) is 22.6 Å². The van der Waals surface area contributed by atoms with Gasteiger partial charge in [-0.25, -0.2) is 18.5 Å². The molecule has 0 bridgehead atoms. The van der Waals surface area contributed by atoms with Crippen molar-refractivity contribution in [2.45, 2.75) is 44.9 Å². The Kier molecular flexibility index (Phi) is 4.94. The summed E-state index contributed by atoms with van der Waals surface area (Å²) in [7, 11) is -3.57. The van der Waals surface area contributed by atoms with Crippen LogP contribution in [-0.4, -0.2) is 35.9 Å². The van der Waals surface area contributed by atoms with Crippen LogP contribution < -0.4 is 16.2 Å². The first-order chi connectivity index (χ1) is 14.0. The first-order valence-corrected chi connectivity index (χ1v) is 11.6. The average Bonchev–Trinajstić information content (AvgIpc) is 3.38. The third kappa shape index (κ3) is 4.39. The lowest BCUT2D eigenvalue weighted by atomic mass is 9.83. The number of nitrogens with two attached hydrogens (primary N) is 2. The highest BCUT2D eigenvalue weighted by Crippen LogP contribution is 2.44. The highest BCUT2D eigenvalue weighted by atomic mass is 32.2. The van der Waals surface area contributed by atoms with Gasteiger partial charge in [-0.1, -0.05) is 31.9 Å². The van der Waals surface area contributed by atoms with E-state index >= 15 is 0 Å². The number of anilines is 2. The van der Waals surface area contributed by atoms with Gasteiger partial charge < -0.3 is 15.5 Å². The molecule has 2 aromatic heterocycles. The minimum absolute atomic E-state index is 0.0614. The Labute approximate surface area is 175 Å². The molecule has 0 aliphatic heterocycles. The zero-order valence-electron chi connectivity index (χ0n) is 17.3. The largest absolute Gasteiger partial charge is 0.402 e. The van der Waals surface area contributed by atoms with Crippen LogP contribution >= 0.6 is 0 Å². The van der Waals surface area contributed by atoms with E-state index in [0.29, 0.717) is 17.3 Å². The van der Waals surface area contributed by atoms with Gasteiger partial charge in [-0.05, 0) is 47.4 Å². The van der Waals surface area contributed by atoms with Crippen LogP contribution in [0.2, 0.25) is 0 Å². The molecule has 160 valence electrons. The Morgan fingerprint density at radius 3 is 2.57 bits per heavy atom. The predicted molar refractivity (Wildman–Crippen MR) is 117 cm³/mol. The van der Waals surface area contributed by atoms with Gasteiger partial charge in [-0.3, -0.25) is 0 Å². The fourth-order valence-electron chi connectivity index (χ4n) is 3.41. The maximum atomic E-state index is 11.0. The molecule has 0 radical (unpaired) electrons. The SMILES string of the molecule is CC(C)(C)c1cc(C2CC2)cc2c(N)cc(-c3nnc(NCCS(N)(=O)=O)o3)nc12. The number of nitrogens with zero attached hydrogens (tertiary/aromatic N) is 3. The first kappa shape index (κ1) is 20.5. The minimum Gasteiger partial charge on any atom is -0.402 e. The van der Waals surface area contributed by atoms with Crippen molar-refractivity contribution in [2.24, 2.45) is 5.14 Å². The molecule has 0 spiro atoms. The van der Waals surface area contributed by atoms with Crippen molar-refractivity contribution in [1.29, 1.82) is 0 Å². The number of aromatic nitrogens is 3. The number of nitrogens with one attached hydrogen (secondary N) is 1. The lowest BCUT2D eigenvalue weighted by Crippen LogP contribution is -2.22. The second kappa shape index (κ2) is 7.21. The quantitative estimate of drug-likeness (QED) is 0.540. The smallest absolute Gasteiger partial charge is 0.315 e. The molecule has 0 amide bonds. The molecule has 5 N–H and O–H groups in total. The maximum Gasteiger partial charge on any atom is 0.315 e. The lowest BCUT2D eigenvalue weighted by Gasteiger charge is -2.23. The molecular weight excluding hydrogens is 404 g/mol. The molecule has 0 saturated heterocycles. The summed E-state index contributed by atoms with van der Waals surface area (Å²) >= 11 is 0. The minimum atomic E-state index is -3.57. The van der Waals surface area contributed by atoms with Gasteiger partial charge in [0.25, 0.3) is 5.89 Å². The highest BCUT2D eigenvalue weighted by Gasteiger charge is 2.28. The predicted octanol–water partition coefficient (Wildman–Crippen LogP) is 2.74. The molecule has 3 aromatic rings. The Bertz CT molecular complexity index is 1210. The molecule has 2 heterocycles. The van der Waals surface area contributed by atoms with Crippen molar-refractivity contribution in [2.75, 3.05) is 23.3 Å². The van der Waals surface area contributed by atoms with E-state index in [0.717, 1.165) is 16.5 Å².